The van der Waals surface area contributed by atoms with Gasteiger partial charge in [-0.15, -0.1) is 0 Å². The molecule has 0 bridgehead atoms. The lowest BCUT2D eigenvalue weighted by Gasteiger charge is -2.20. The molecule has 0 atom stereocenters. The molecule has 0 aliphatic carbocycles. The fourth-order valence-electron chi connectivity index (χ4n) is 1.45. The van der Waals surface area contributed by atoms with E-state index in [2.05, 4.69) is 25.7 Å². The molecule has 1 amide bonds. The van der Waals surface area contributed by atoms with Crippen LogP contribution in [-0.2, 0) is 15.7 Å². The van der Waals surface area contributed by atoms with Gasteiger partial charge in [-0.2, -0.15) is 13.2 Å². The second kappa shape index (κ2) is 6.73. The standard InChI is InChI=1S/C13H14BrF3N2O4/c1-12(2,3)23-11(21)19-9-6(10(20)22-4)5-7(14)8(18-9)13(15,16)17/h5H,1-4H3,(H,18,19,21). The number of hydrogen-bond acceptors (Lipinski definition) is 5. The molecule has 0 spiro atoms. The van der Waals surface area contributed by atoms with Crippen LogP contribution in [0.4, 0.5) is 23.8 Å². The molecule has 128 valence electrons. The Bertz CT molecular complexity index is 627. The number of nitrogens with zero attached hydrogens (tertiary/aromatic N) is 1. The van der Waals surface area contributed by atoms with Crippen LogP contribution >= 0.6 is 15.9 Å². The molecule has 0 fully saturated rings. The zero-order valence-corrected chi connectivity index (χ0v) is 14.3. The minimum atomic E-state index is -4.78. The van der Waals surface area contributed by atoms with E-state index in [9.17, 15) is 22.8 Å². The third-order valence-corrected chi connectivity index (χ3v) is 2.87. The lowest BCUT2D eigenvalue weighted by molar-refractivity contribution is -0.141. The number of anilines is 1. The van der Waals surface area contributed by atoms with Crippen LogP contribution < -0.4 is 5.32 Å². The number of alkyl halides is 3. The summed E-state index contributed by atoms with van der Waals surface area (Å²) >= 11 is 2.70. The smallest absolute Gasteiger partial charge is 0.434 e. The first kappa shape index (κ1) is 19.2. The number of rotatable bonds is 2. The highest BCUT2D eigenvalue weighted by Gasteiger charge is 2.37. The molecule has 1 N–H and O–H groups in total. The highest BCUT2D eigenvalue weighted by Crippen LogP contribution is 2.35. The summed E-state index contributed by atoms with van der Waals surface area (Å²) in [5.74, 6) is -1.57. The van der Waals surface area contributed by atoms with E-state index < -0.39 is 39.8 Å². The number of carbonyl (C=O) groups excluding carboxylic acids is 2. The average Bonchev–Trinajstić information content (AvgIpc) is 2.35. The molecule has 1 aromatic heterocycles. The summed E-state index contributed by atoms with van der Waals surface area (Å²) in [6.07, 6.45) is -5.83. The van der Waals surface area contributed by atoms with Crippen molar-refractivity contribution in [1.29, 1.82) is 0 Å². The zero-order chi connectivity index (χ0) is 18.0. The van der Waals surface area contributed by atoms with Gasteiger partial charge in [0.15, 0.2) is 11.5 Å². The second-order valence-corrected chi connectivity index (χ2v) is 6.19. The van der Waals surface area contributed by atoms with Crippen molar-refractivity contribution in [2.75, 3.05) is 12.4 Å². The minimum Gasteiger partial charge on any atom is -0.465 e. The molecule has 0 unspecified atom stereocenters. The second-order valence-electron chi connectivity index (χ2n) is 5.33. The normalized spacial score (nSPS) is 11.8. The Labute approximate surface area is 138 Å². The fourth-order valence-corrected chi connectivity index (χ4v) is 1.99. The van der Waals surface area contributed by atoms with Gasteiger partial charge in [-0.05, 0) is 42.8 Å². The minimum absolute atomic E-state index is 0.349. The fraction of sp³-hybridized carbons (Fsp3) is 0.462. The number of halogens is 4. The molecular weight excluding hydrogens is 385 g/mol. The first-order valence-corrected chi connectivity index (χ1v) is 7.00. The van der Waals surface area contributed by atoms with Gasteiger partial charge in [0.2, 0.25) is 0 Å². The highest BCUT2D eigenvalue weighted by atomic mass is 79.9. The van der Waals surface area contributed by atoms with Crippen molar-refractivity contribution in [2.45, 2.75) is 32.5 Å². The molecule has 0 saturated heterocycles. The number of amides is 1. The maximum absolute atomic E-state index is 12.9. The molecule has 0 aromatic carbocycles. The number of carbonyl (C=O) groups is 2. The van der Waals surface area contributed by atoms with Crippen LogP contribution in [0.5, 0.6) is 0 Å². The summed E-state index contributed by atoms with van der Waals surface area (Å²) < 4.78 is 47.6. The number of nitrogens with one attached hydrogen (secondary N) is 1. The van der Waals surface area contributed by atoms with E-state index in [1.807, 2.05) is 5.32 Å². The number of hydrogen-bond donors (Lipinski definition) is 1. The summed E-state index contributed by atoms with van der Waals surface area (Å²) in [5, 5.41) is 2.03. The molecular formula is C13H14BrF3N2O4. The molecule has 1 aromatic rings. The van der Waals surface area contributed by atoms with Gasteiger partial charge in [-0.3, -0.25) is 5.32 Å². The van der Waals surface area contributed by atoms with E-state index >= 15 is 0 Å². The highest BCUT2D eigenvalue weighted by molar-refractivity contribution is 9.10. The summed E-state index contributed by atoms with van der Waals surface area (Å²) in [6, 6.07) is 0.869. The first-order chi connectivity index (χ1) is 10.3. The van der Waals surface area contributed by atoms with Crippen molar-refractivity contribution in [3.05, 3.63) is 21.8 Å². The number of pyridine rings is 1. The molecule has 0 saturated carbocycles. The van der Waals surface area contributed by atoms with E-state index in [0.29, 0.717) is 0 Å². The van der Waals surface area contributed by atoms with E-state index in [4.69, 9.17) is 4.74 Å². The van der Waals surface area contributed by atoms with Gasteiger partial charge < -0.3 is 9.47 Å². The molecule has 0 radical (unpaired) electrons. The lowest BCUT2D eigenvalue weighted by Crippen LogP contribution is -2.28. The Kier molecular flexibility index (Phi) is 5.62. The van der Waals surface area contributed by atoms with Gasteiger partial charge in [0.05, 0.1) is 7.11 Å². The van der Waals surface area contributed by atoms with Crippen LogP contribution in [0.25, 0.3) is 0 Å². The van der Waals surface area contributed by atoms with Gasteiger partial charge in [0.1, 0.15) is 11.2 Å². The van der Waals surface area contributed by atoms with Crippen LogP contribution in [0.3, 0.4) is 0 Å². The maximum Gasteiger partial charge on any atom is 0.434 e. The van der Waals surface area contributed by atoms with Crippen LogP contribution in [0.15, 0.2) is 10.5 Å². The van der Waals surface area contributed by atoms with Crippen molar-refractivity contribution >= 4 is 33.8 Å². The van der Waals surface area contributed by atoms with E-state index in [0.717, 1.165) is 13.2 Å². The summed E-state index contributed by atoms with van der Waals surface area (Å²) in [5.41, 5.74) is -2.52. The van der Waals surface area contributed by atoms with Crippen molar-refractivity contribution < 1.29 is 32.2 Å². The van der Waals surface area contributed by atoms with Crippen LogP contribution in [0.1, 0.15) is 36.8 Å². The van der Waals surface area contributed by atoms with Crippen LogP contribution in [0, 0.1) is 0 Å². The zero-order valence-electron chi connectivity index (χ0n) is 12.7. The quantitative estimate of drug-likeness (QED) is 0.761. The van der Waals surface area contributed by atoms with Crippen molar-refractivity contribution in [3.63, 3.8) is 0 Å². The van der Waals surface area contributed by atoms with Crippen molar-refractivity contribution in [3.8, 4) is 0 Å². The Morgan fingerprint density at radius 1 is 1.26 bits per heavy atom. The van der Waals surface area contributed by atoms with Crippen LogP contribution in [0.2, 0.25) is 0 Å². The average molecular weight is 399 g/mol. The summed E-state index contributed by atoms with van der Waals surface area (Å²) in [4.78, 5) is 26.7. The first-order valence-electron chi connectivity index (χ1n) is 6.21. The molecule has 10 heteroatoms. The monoisotopic (exact) mass is 398 g/mol. The molecule has 6 nitrogen and oxygen atoms in total. The van der Waals surface area contributed by atoms with E-state index in [1.165, 1.54) is 0 Å². The van der Waals surface area contributed by atoms with Gasteiger partial charge in [0, 0.05) is 4.47 Å². The van der Waals surface area contributed by atoms with Crippen molar-refractivity contribution in [1.82, 2.24) is 4.98 Å². The van der Waals surface area contributed by atoms with Gasteiger partial charge in [-0.25, -0.2) is 14.6 Å². The maximum atomic E-state index is 12.9. The molecule has 1 heterocycles. The predicted molar refractivity (Wildman–Crippen MR) is 78.1 cm³/mol. The molecule has 1 rings (SSSR count). The van der Waals surface area contributed by atoms with Gasteiger partial charge in [-0.1, -0.05) is 0 Å². The SMILES string of the molecule is COC(=O)c1cc(Br)c(C(F)(F)F)nc1NC(=O)OC(C)(C)C. The summed E-state index contributed by atoms with van der Waals surface area (Å²) in [6.45, 7) is 4.72. The third kappa shape index (κ3) is 5.38. The van der Waals surface area contributed by atoms with Gasteiger partial charge >= 0.3 is 18.2 Å². The van der Waals surface area contributed by atoms with Crippen molar-refractivity contribution in [2.24, 2.45) is 0 Å². The van der Waals surface area contributed by atoms with Gasteiger partial charge in [0.25, 0.3) is 0 Å². The largest absolute Gasteiger partial charge is 0.465 e. The predicted octanol–water partition coefficient (Wildman–Crippen LogP) is 4.00. The number of esters is 1. The topological polar surface area (TPSA) is 77.5 Å². The molecule has 23 heavy (non-hydrogen) atoms. The number of ether oxygens (including phenoxy) is 2. The van der Waals surface area contributed by atoms with E-state index in [1.54, 1.807) is 20.8 Å². The van der Waals surface area contributed by atoms with E-state index in [-0.39, 0.29) is 5.56 Å². The summed E-state index contributed by atoms with van der Waals surface area (Å²) in [7, 11) is 1.05. The molecule has 0 aliphatic heterocycles. The number of aromatic nitrogens is 1. The Morgan fingerprint density at radius 3 is 2.26 bits per heavy atom. The lowest BCUT2D eigenvalue weighted by atomic mass is 10.2. The Hall–Kier alpha value is -1.84. The molecule has 0 aliphatic rings. The van der Waals surface area contributed by atoms with Crippen LogP contribution in [-0.4, -0.2) is 29.8 Å². The third-order valence-electron chi connectivity index (χ3n) is 2.27. The number of methoxy groups -OCH3 is 1. The Morgan fingerprint density at radius 2 is 1.83 bits per heavy atom. The Balaban J connectivity index is 3.31.